The zero-order chi connectivity index (χ0) is 14.4. The van der Waals surface area contributed by atoms with Crippen molar-refractivity contribution in [3.63, 3.8) is 0 Å². The van der Waals surface area contributed by atoms with Crippen LogP contribution in [0.4, 0.5) is 0 Å². The third kappa shape index (κ3) is 1.76. The van der Waals surface area contributed by atoms with E-state index < -0.39 is 0 Å². The van der Waals surface area contributed by atoms with Gasteiger partial charge in [0.1, 0.15) is 16.9 Å². The fraction of sp³-hybridized carbons (Fsp3) is 0.312. The molecule has 4 heteroatoms. The van der Waals surface area contributed by atoms with Crippen LogP contribution in [0.25, 0.3) is 21.9 Å². The first-order chi connectivity index (χ1) is 9.52. The number of rotatable bonds is 2. The summed E-state index contributed by atoms with van der Waals surface area (Å²) in [5.41, 5.74) is 3.73. The van der Waals surface area contributed by atoms with E-state index in [-0.39, 0.29) is 5.63 Å². The van der Waals surface area contributed by atoms with Gasteiger partial charge < -0.3 is 13.6 Å². The number of hydrogen-bond donors (Lipinski definition) is 0. The Morgan fingerprint density at radius 1 is 1.05 bits per heavy atom. The lowest BCUT2D eigenvalue weighted by Gasteiger charge is -2.07. The fourth-order valence-electron chi connectivity index (χ4n) is 2.59. The standard InChI is InChI=1S/C16H16O4/c1-8-5-14(17)20-15-11(8)6-12-9(2)10(3)19-16(12)13(15)7-18-4/h5-6H,7H2,1-4H3. The van der Waals surface area contributed by atoms with Crippen LogP contribution in [0.2, 0.25) is 0 Å². The summed E-state index contributed by atoms with van der Waals surface area (Å²) in [5.74, 6) is 0.868. The minimum atomic E-state index is -0.355. The second-order valence-corrected chi connectivity index (χ2v) is 5.07. The first-order valence-corrected chi connectivity index (χ1v) is 6.48. The van der Waals surface area contributed by atoms with Crippen LogP contribution in [0.3, 0.4) is 0 Å². The van der Waals surface area contributed by atoms with E-state index in [0.29, 0.717) is 12.2 Å². The fourth-order valence-corrected chi connectivity index (χ4v) is 2.59. The summed E-state index contributed by atoms with van der Waals surface area (Å²) < 4.78 is 16.5. The summed E-state index contributed by atoms with van der Waals surface area (Å²) >= 11 is 0. The summed E-state index contributed by atoms with van der Waals surface area (Å²) in [6.07, 6.45) is 0. The lowest BCUT2D eigenvalue weighted by Crippen LogP contribution is -2.01. The number of hydrogen-bond acceptors (Lipinski definition) is 4. The van der Waals surface area contributed by atoms with Crippen LogP contribution in [-0.2, 0) is 11.3 Å². The maximum absolute atomic E-state index is 11.6. The Hall–Kier alpha value is -2.07. The minimum absolute atomic E-state index is 0.340. The maximum atomic E-state index is 11.6. The summed E-state index contributed by atoms with van der Waals surface area (Å²) in [6, 6.07) is 3.53. The van der Waals surface area contributed by atoms with Crippen molar-refractivity contribution in [1.82, 2.24) is 0 Å². The number of furan rings is 1. The normalized spacial score (nSPS) is 11.6. The van der Waals surface area contributed by atoms with E-state index in [4.69, 9.17) is 13.6 Å². The Labute approximate surface area is 115 Å². The van der Waals surface area contributed by atoms with Crippen LogP contribution < -0.4 is 5.63 Å². The molecule has 0 amide bonds. The first-order valence-electron chi connectivity index (χ1n) is 6.48. The van der Waals surface area contributed by atoms with Gasteiger partial charge in [-0.15, -0.1) is 0 Å². The molecule has 0 bridgehead atoms. The predicted molar refractivity (Wildman–Crippen MR) is 77.2 cm³/mol. The van der Waals surface area contributed by atoms with Gasteiger partial charge in [-0.3, -0.25) is 0 Å². The van der Waals surface area contributed by atoms with Crippen LogP contribution >= 0.6 is 0 Å². The predicted octanol–water partition coefficient (Wildman–Crippen LogP) is 3.61. The number of ether oxygens (including phenoxy) is 1. The molecular weight excluding hydrogens is 256 g/mol. The van der Waals surface area contributed by atoms with Gasteiger partial charge in [-0.1, -0.05) is 0 Å². The Morgan fingerprint density at radius 2 is 1.75 bits per heavy atom. The smallest absolute Gasteiger partial charge is 0.336 e. The molecule has 0 N–H and O–H groups in total. The highest BCUT2D eigenvalue weighted by Crippen LogP contribution is 2.34. The SMILES string of the molecule is COCc1c2oc(=O)cc(C)c2cc2c(C)c(C)oc12. The molecule has 0 aliphatic rings. The average Bonchev–Trinajstić information content (AvgIpc) is 2.67. The van der Waals surface area contributed by atoms with Gasteiger partial charge in [0.15, 0.2) is 0 Å². The van der Waals surface area contributed by atoms with E-state index in [1.807, 2.05) is 26.8 Å². The third-order valence-electron chi connectivity index (χ3n) is 3.76. The van der Waals surface area contributed by atoms with E-state index in [1.54, 1.807) is 7.11 Å². The Kier molecular flexibility index (Phi) is 2.91. The number of aryl methyl sites for hydroxylation is 3. The molecule has 4 nitrogen and oxygen atoms in total. The van der Waals surface area contributed by atoms with Gasteiger partial charge in [0.25, 0.3) is 0 Å². The maximum Gasteiger partial charge on any atom is 0.336 e. The minimum Gasteiger partial charge on any atom is -0.461 e. The molecule has 0 saturated carbocycles. The molecule has 0 aliphatic heterocycles. The molecule has 0 spiro atoms. The van der Waals surface area contributed by atoms with Crippen molar-refractivity contribution in [2.75, 3.05) is 7.11 Å². The molecule has 3 aromatic rings. The second kappa shape index (κ2) is 4.49. The van der Waals surface area contributed by atoms with E-state index in [1.165, 1.54) is 6.07 Å². The molecule has 0 fully saturated rings. The van der Waals surface area contributed by atoms with Crippen molar-refractivity contribution in [3.05, 3.63) is 45.0 Å². The highest BCUT2D eigenvalue weighted by molar-refractivity contribution is 6.00. The summed E-state index contributed by atoms with van der Waals surface area (Å²) in [4.78, 5) is 11.6. The number of fused-ring (bicyclic) bond motifs is 2. The zero-order valence-corrected chi connectivity index (χ0v) is 12.0. The Bertz CT molecular complexity index is 868. The van der Waals surface area contributed by atoms with Crippen LogP contribution in [0.1, 0.15) is 22.5 Å². The Morgan fingerprint density at radius 3 is 2.45 bits per heavy atom. The highest BCUT2D eigenvalue weighted by atomic mass is 16.5. The van der Waals surface area contributed by atoms with Crippen LogP contribution in [0, 0.1) is 20.8 Å². The molecule has 1 aromatic carbocycles. The molecule has 3 rings (SSSR count). The molecule has 104 valence electrons. The van der Waals surface area contributed by atoms with E-state index in [9.17, 15) is 4.79 Å². The zero-order valence-electron chi connectivity index (χ0n) is 12.0. The second-order valence-electron chi connectivity index (χ2n) is 5.07. The van der Waals surface area contributed by atoms with Gasteiger partial charge in [0.05, 0.1) is 12.2 Å². The van der Waals surface area contributed by atoms with Gasteiger partial charge in [-0.25, -0.2) is 4.79 Å². The van der Waals surface area contributed by atoms with Crippen molar-refractivity contribution in [2.24, 2.45) is 0 Å². The largest absolute Gasteiger partial charge is 0.461 e. The first kappa shape index (κ1) is 12.9. The van der Waals surface area contributed by atoms with E-state index in [2.05, 4.69) is 0 Å². The van der Waals surface area contributed by atoms with Crippen molar-refractivity contribution >= 4 is 21.9 Å². The molecule has 0 saturated heterocycles. The van der Waals surface area contributed by atoms with Crippen molar-refractivity contribution in [3.8, 4) is 0 Å². The lowest BCUT2D eigenvalue weighted by atomic mass is 10.0. The van der Waals surface area contributed by atoms with Crippen molar-refractivity contribution in [1.29, 1.82) is 0 Å². The molecule has 0 radical (unpaired) electrons. The molecule has 0 unspecified atom stereocenters. The lowest BCUT2D eigenvalue weighted by molar-refractivity contribution is 0.185. The third-order valence-corrected chi connectivity index (χ3v) is 3.76. The summed E-state index contributed by atoms with van der Waals surface area (Å²) in [6.45, 7) is 6.20. The molecule has 2 aromatic heterocycles. The molecule has 2 heterocycles. The number of methoxy groups -OCH3 is 1. The molecule has 0 atom stereocenters. The van der Waals surface area contributed by atoms with E-state index in [0.717, 1.165) is 38.8 Å². The van der Waals surface area contributed by atoms with Gasteiger partial charge in [-0.05, 0) is 38.0 Å². The highest BCUT2D eigenvalue weighted by Gasteiger charge is 2.18. The van der Waals surface area contributed by atoms with Crippen LogP contribution in [-0.4, -0.2) is 7.11 Å². The van der Waals surface area contributed by atoms with Gasteiger partial charge in [-0.2, -0.15) is 0 Å². The summed E-state index contributed by atoms with van der Waals surface area (Å²) in [5, 5.41) is 1.96. The van der Waals surface area contributed by atoms with Crippen molar-refractivity contribution in [2.45, 2.75) is 27.4 Å². The van der Waals surface area contributed by atoms with Crippen LogP contribution in [0.5, 0.6) is 0 Å². The van der Waals surface area contributed by atoms with Gasteiger partial charge in [0, 0.05) is 23.9 Å². The number of benzene rings is 1. The van der Waals surface area contributed by atoms with Crippen molar-refractivity contribution < 1.29 is 13.6 Å². The monoisotopic (exact) mass is 272 g/mol. The van der Waals surface area contributed by atoms with Crippen LogP contribution in [0.15, 0.2) is 25.8 Å². The molecular formula is C16H16O4. The van der Waals surface area contributed by atoms with Gasteiger partial charge >= 0.3 is 5.63 Å². The molecule has 20 heavy (non-hydrogen) atoms. The topological polar surface area (TPSA) is 52.6 Å². The van der Waals surface area contributed by atoms with E-state index >= 15 is 0 Å². The average molecular weight is 272 g/mol. The summed E-state index contributed by atoms with van der Waals surface area (Å²) in [7, 11) is 1.61. The van der Waals surface area contributed by atoms with Gasteiger partial charge in [0.2, 0.25) is 0 Å². The molecule has 0 aliphatic carbocycles. The quantitative estimate of drug-likeness (QED) is 0.669. The Balaban J connectivity index is 2.57.